The van der Waals surface area contributed by atoms with Crippen molar-refractivity contribution >= 4 is 12.1 Å². The molecule has 3 fully saturated rings. The van der Waals surface area contributed by atoms with E-state index in [-0.39, 0.29) is 34.6 Å². The van der Waals surface area contributed by atoms with Gasteiger partial charge >= 0.3 is 12.1 Å². The molecule has 0 aromatic heterocycles. The Kier molecular flexibility index (Phi) is 6.71. The maximum absolute atomic E-state index is 12.8. The van der Waals surface area contributed by atoms with Crippen molar-refractivity contribution in [2.45, 2.75) is 98.7 Å². The van der Waals surface area contributed by atoms with Gasteiger partial charge < -0.3 is 19.9 Å². The molecule has 1 amide bonds. The zero-order valence-electron chi connectivity index (χ0n) is 21.4. The van der Waals surface area contributed by atoms with Crippen LogP contribution in [0.4, 0.5) is 4.79 Å². The Morgan fingerprint density at radius 2 is 1.72 bits per heavy atom. The number of hydrogen-bond acceptors (Lipinski definition) is 5. The van der Waals surface area contributed by atoms with Crippen LogP contribution in [0.25, 0.3) is 0 Å². The third-order valence-electron chi connectivity index (χ3n) is 9.49. The summed E-state index contributed by atoms with van der Waals surface area (Å²) in [6.07, 6.45) is 4.86. The van der Waals surface area contributed by atoms with Gasteiger partial charge in [0.2, 0.25) is 0 Å². The second-order valence-corrected chi connectivity index (χ2v) is 12.6. The number of carbonyl (C=O) groups is 2. The molecule has 3 rings (SSSR count). The standard InChI is InChI=1S/C26H45NO5/c1-16-14-19-24(5)11-9-12-26(7,21(29)31-8)18(24)10-13-25(19,6)20(28)17(16)15-27-22(30)32-23(2,3)4/h16-20,28H,9-15H2,1-8H3,(H,27,30)/t16-,17-,18-,19-,20+,24+,25-,26+/m0/s1. The van der Waals surface area contributed by atoms with E-state index in [0.29, 0.717) is 12.5 Å². The molecule has 0 radical (unpaired) electrons. The van der Waals surface area contributed by atoms with Gasteiger partial charge in [-0.2, -0.15) is 0 Å². The van der Waals surface area contributed by atoms with Crippen LogP contribution in [0, 0.1) is 39.9 Å². The second-order valence-electron chi connectivity index (χ2n) is 12.6. The SMILES string of the molecule is COC(=O)[C@]1(C)CCC[C@@]2(C)[C@@H]3C[C@H](C)[C@H](CNC(=O)OC(C)(C)C)[C@@H](O)[C@@]3(C)CC[C@@H]21. The highest BCUT2D eigenvalue weighted by atomic mass is 16.6. The number of amides is 1. The summed E-state index contributed by atoms with van der Waals surface area (Å²) < 4.78 is 10.7. The van der Waals surface area contributed by atoms with Crippen molar-refractivity contribution in [1.29, 1.82) is 0 Å². The number of ether oxygens (including phenoxy) is 2. The van der Waals surface area contributed by atoms with Gasteiger partial charge in [0.05, 0.1) is 18.6 Å². The largest absolute Gasteiger partial charge is 0.469 e. The monoisotopic (exact) mass is 451 g/mol. The van der Waals surface area contributed by atoms with E-state index in [0.717, 1.165) is 38.5 Å². The van der Waals surface area contributed by atoms with Crippen LogP contribution in [0.1, 0.15) is 87.0 Å². The number of nitrogens with one attached hydrogen (secondary N) is 1. The minimum absolute atomic E-state index is 0.00695. The molecule has 3 aliphatic carbocycles. The van der Waals surface area contributed by atoms with E-state index in [9.17, 15) is 14.7 Å². The maximum Gasteiger partial charge on any atom is 0.407 e. The fraction of sp³-hybridized carbons (Fsp3) is 0.923. The Morgan fingerprint density at radius 3 is 2.31 bits per heavy atom. The van der Waals surface area contributed by atoms with Crippen molar-refractivity contribution in [3.63, 3.8) is 0 Å². The summed E-state index contributed by atoms with van der Waals surface area (Å²) in [4.78, 5) is 25.1. The Bertz CT molecular complexity index is 732. The number of aliphatic hydroxyl groups excluding tert-OH is 1. The molecular formula is C26H45NO5. The number of aliphatic hydroxyl groups is 1. The Morgan fingerprint density at radius 1 is 1.06 bits per heavy atom. The molecule has 0 aliphatic heterocycles. The minimum Gasteiger partial charge on any atom is -0.469 e. The molecule has 2 N–H and O–H groups in total. The van der Waals surface area contributed by atoms with Crippen LogP contribution in [-0.2, 0) is 14.3 Å². The summed E-state index contributed by atoms with van der Waals surface area (Å²) in [5.41, 5.74) is -1.23. The average molecular weight is 452 g/mol. The summed E-state index contributed by atoms with van der Waals surface area (Å²) >= 11 is 0. The van der Waals surface area contributed by atoms with Crippen LogP contribution in [0.3, 0.4) is 0 Å². The molecule has 0 unspecified atom stereocenters. The summed E-state index contributed by atoms with van der Waals surface area (Å²) in [6.45, 7) is 14.9. The molecule has 6 nitrogen and oxygen atoms in total. The van der Waals surface area contributed by atoms with Crippen molar-refractivity contribution in [3.05, 3.63) is 0 Å². The Balaban J connectivity index is 1.81. The molecule has 3 saturated carbocycles. The molecule has 0 aromatic carbocycles. The zero-order chi connectivity index (χ0) is 24.1. The third kappa shape index (κ3) is 4.17. The first-order chi connectivity index (χ1) is 14.7. The molecule has 0 spiro atoms. The summed E-state index contributed by atoms with van der Waals surface area (Å²) in [6, 6.07) is 0. The maximum atomic E-state index is 12.8. The molecule has 184 valence electrons. The van der Waals surface area contributed by atoms with Crippen LogP contribution in [-0.4, -0.2) is 42.5 Å². The lowest BCUT2D eigenvalue weighted by molar-refractivity contribution is -0.214. The van der Waals surface area contributed by atoms with E-state index in [4.69, 9.17) is 9.47 Å². The molecule has 0 heterocycles. The molecule has 8 atom stereocenters. The fourth-order valence-electron chi connectivity index (χ4n) is 7.91. The van der Waals surface area contributed by atoms with Gasteiger partial charge in [0.25, 0.3) is 0 Å². The third-order valence-corrected chi connectivity index (χ3v) is 9.49. The van der Waals surface area contributed by atoms with E-state index in [1.54, 1.807) is 0 Å². The number of rotatable bonds is 3. The minimum atomic E-state index is -0.543. The lowest BCUT2D eigenvalue weighted by Gasteiger charge is -2.66. The first kappa shape index (κ1) is 25.3. The van der Waals surface area contributed by atoms with E-state index >= 15 is 0 Å². The number of carbonyl (C=O) groups excluding carboxylic acids is 2. The number of methoxy groups -OCH3 is 1. The number of esters is 1. The first-order valence-electron chi connectivity index (χ1n) is 12.4. The Labute approximate surface area is 194 Å². The molecule has 32 heavy (non-hydrogen) atoms. The van der Waals surface area contributed by atoms with Crippen LogP contribution in [0.2, 0.25) is 0 Å². The van der Waals surface area contributed by atoms with E-state index in [1.165, 1.54) is 7.11 Å². The van der Waals surface area contributed by atoms with Gasteiger partial charge in [-0.3, -0.25) is 4.79 Å². The van der Waals surface area contributed by atoms with Crippen LogP contribution in [0.15, 0.2) is 0 Å². The summed E-state index contributed by atoms with van der Waals surface area (Å²) in [5, 5.41) is 14.5. The molecule has 6 heteroatoms. The van der Waals surface area contributed by atoms with Crippen molar-refractivity contribution in [2.24, 2.45) is 39.9 Å². The number of fused-ring (bicyclic) bond motifs is 3. The Hall–Kier alpha value is -1.30. The summed E-state index contributed by atoms with van der Waals surface area (Å²) in [5.74, 6) is 0.770. The van der Waals surface area contributed by atoms with Crippen LogP contribution in [0.5, 0.6) is 0 Å². The summed E-state index contributed by atoms with van der Waals surface area (Å²) in [7, 11) is 1.50. The van der Waals surface area contributed by atoms with Gasteiger partial charge in [-0.25, -0.2) is 4.79 Å². The second kappa shape index (κ2) is 8.48. The van der Waals surface area contributed by atoms with Gasteiger partial charge in [0.15, 0.2) is 0 Å². The first-order valence-corrected chi connectivity index (χ1v) is 12.4. The molecule has 3 aliphatic rings. The van der Waals surface area contributed by atoms with E-state index < -0.39 is 23.2 Å². The predicted molar refractivity (Wildman–Crippen MR) is 124 cm³/mol. The highest BCUT2D eigenvalue weighted by Crippen LogP contribution is 2.68. The van der Waals surface area contributed by atoms with E-state index in [1.807, 2.05) is 20.8 Å². The predicted octanol–water partition coefficient (Wildman–Crippen LogP) is 4.93. The molecule has 0 bridgehead atoms. The van der Waals surface area contributed by atoms with Crippen molar-refractivity contribution in [1.82, 2.24) is 5.32 Å². The van der Waals surface area contributed by atoms with E-state index in [2.05, 4.69) is 33.0 Å². The highest BCUT2D eigenvalue weighted by molar-refractivity contribution is 5.77. The van der Waals surface area contributed by atoms with Gasteiger partial charge in [-0.1, -0.05) is 27.2 Å². The van der Waals surface area contributed by atoms with Crippen LogP contribution < -0.4 is 5.32 Å². The normalized spacial score (nSPS) is 44.1. The van der Waals surface area contributed by atoms with Gasteiger partial charge in [-0.05, 0) is 88.4 Å². The van der Waals surface area contributed by atoms with Crippen molar-refractivity contribution in [3.8, 4) is 0 Å². The van der Waals surface area contributed by atoms with Gasteiger partial charge in [-0.15, -0.1) is 0 Å². The number of hydrogen-bond donors (Lipinski definition) is 2. The lowest BCUT2D eigenvalue weighted by Crippen LogP contribution is -2.64. The average Bonchev–Trinajstić information content (AvgIpc) is 2.67. The van der Waals surface area contributed by atoms with Crippen molar-refractivity contribution < 1.29 is 24.2 Å². The fourth-order valence-corrected chi connectivity index (χ4v) is 7.91. The zero-order valence-corrected chi connectivity index (χ0v) is 21.4. The van der Waals surface area contributed by atoms with Gasteiger partial charge in [0.1, 0.15) is 5.60 Å². The topological polar surface area (TPSA) is 84.9 Å². The van der Waals surface area contributed by atoms with Crippen LogP contribution >= 0.6 is 0 Å². The van der Waals surface area contributed by atoms with Crippen molar-refractivity contribution in [2.75, 3.05) is 13.7 Å². The highest BCUT2D eigenvalue weighted by Gasteiger charge is 2.65. The quantitative estimate of drug-likeness (QED) is 0.594. The van der Waals surface area contributed by atoms with Gasteiger partial charge in [0, 0.05) is 12.5 Å². The molecule has 0 saturated heterocycles. The number of alkyl carbamates (subject to hydrolysis) is 1. The molecular weight excluding hydrogens is 406 g/mol. The smallest absolute Gasteiger partial charge is 0.407 e. The molecule has 0 aromatic rings. The lowest BCUT2D eigenvalue weighted by atomic mass is 9.39.